The first-order chi connectivity index (χ1) is 7.54. The fraction of sp³-hybridized carbons (Fsp3) is 0.917. The largest absolute Gasteiger partial charge is 0.409 e. The smallest absolute Gasteiger partial charge is 0.139 e. The lowest BCUT2D eigenvalue weighted by Crippen LogP contribution is -2.31. The predicted molar refractivity (Wildman–Crippen MR) is 64.5 cm³/mol. The minimum Gasteiger partial charge on any atom is -0.409 e. The third-order valence-electron chi connectivity index (χ3n) is 4.07. The molecule has 0 heterocycles. The van der Waals surface area contributed by atoms with Gasteiger partial charge in [-0.25, -0.2) is 0 Å². The summed E-state index contributed by atoms with van der Waals surface area (Å²) in [5, 5.41) is 11.7. The molecule has 92 valence electrons. The van der Waals surface area contributed by atoms with Gasteiger partial charge in [0, 0.05) is 19.5 Å². The third-order valence-corrected chi connectivity index (χ3v) is 4.07. The molecule has 2 aliphatic rings. The molecule has 2 aliphatic carbocycles. The van der Waals surface area contributed by atoms with Crippen LogP contribution in [0.5, 0.6) is 0 Å². The van der Waals surface area contributed by atoms with E-state index in [0.717, 1.165) is 24.8 Å². The van der Waals surface area contributed by atoms with E-state index in [2.05, 4.69) is 24.0 Å². The zero-order valence-corrected chi connectivity index (χ0v) is 10.3. The molecule has 16 heavy (non-hydrogen) atoms. The highest BCUT2D eigenvalue weighted by Gasteiger charge is 2.45. The van der Waals surface area contributed by atoms with Gasteiger partial charge in [0.2, 0.25) is 0 Å². The van der Waals surface area contributed by atoms with Crippen molar-refractivity contribution < 1.29 is 5.21 Å². The van der Waals surface area contributed by atoms with Crippen LogP contribution in [0, 0.1) is 17.3 Å². The fourth-order valence-corrected chi connectivity index (χ4v) is 2.68. The lowest BCUT2D eigenvalue weighted by Gasteiger charge is -2.23. The van der Waals surface area contributed by atoms with Gasteiger partial charge in [0.25, 0.3) is 0 Å². The monoisotopic (exact) mass is 225 g/mol. The molecular formula is C12H23N3O. The average molecular weight is 225 g/mol. The third kappa shape index (κ3) is 2.88. The SMILES string of the molecule is CC1CC1CN(C)CC1(CC(N)=NO)CC1. The molecule has 0 radical (unpaired) electrons. The molecule has 0 bridgehead atoms. The second-order valence-corrected chi connectivity index (χ2v) is 5.94. The number of rotatable bonds is 6. The van der Waals surface area contributed by atoms with Crippen molar-refractivity contribution in [2.75, 3.05) is 20.1 Å². The number of amidine groups is 1. The van der Waals surface area contributed by atoms with Gasteiger partial charge in [-0.2, -0.15) is 0 Å². The van der Waals surface area contributed by atoms with Gasteiger partial charge in [-0.15, -0.1) is 0 Å². The molecule has 3 N–H and O–H groups in total. The van der Waals surface area contributed by atoms with Crippen LogP contribution < -0.4 is 5.73 Å². The standard InChI is InChI=1S/C12H23N3O/c1-9-5-10(9)7-15(2)8-12(3-4-12)6-11(13)14-16/h9-10,16H,3-8H2,1-2H3,(H2,13,14). The number of hydrogen-bond donors (Lipinski definition) is 2. The first-order valence-corrected chi connectivity index (χ1v) is 6.20. The van der Waals surface area contributed by atoms with Crippen LogP contribution in [0.2, 0.25) is 0 Å². The van der Waals surface area contributed by atoms with Crippen LogP contribution >= 0.6 is 0 Å². The van der Waals surface area contributed by atoms with Crippen molar-refractivity contribution in [1.82, 2.24) is 4.90 Å². The summed E-state index contributed by atoms with van der Waals surface area (Å²) >= 11 is 0. The Morgan fingerprint density at radius 3 is 2.62 bits per heavy atom. The van der Waals surface area contributed by atoms with Gasteiger partial charge in [0.1, 0.15) is 5.84 Å². The molecule has 2 fully saturated rings. The van der Waals surface area contributed by atoms with E-state index in [9.17, 15) is 0 Å². The van der Waals surface area contributed by atoms with Gasteiger partial charge >= 0.3 is 0 Å². The normalized spacial score (nSPS) is 31.8. The molecule has 2 saturated carbocycles. The topological polar surface area (TPSA) is 61.8 Å². The molecule has 0 amide bonds. The molecule has 2 atom stereocenters. The van der Waals surface area contributed by atoms with E-state index < -0.39 is 0 Å². The Bertz CT molecular complexity index is 286. The molecule has 2 rings (SSSR count). The minimum atomic E-state index is 0.309. The second-order valence-electron chi connectivity index (χ2n) is 5.94. The highest BCUT2D eigenvalue weighted by molar-refractivity contribution is 5.80. The van der Waals surface area contributed by atoms with E-state index in [1.807, 2.05) is 0 Å². The van der Waals surface area contributed by atoms with Gasteiger partial charge in [0.15, 0.2) is 0 Å². The molecule has 4 heteroatoms. The van der Waals surface area contributed by atoms with E-state index in [0.29, 0.717) is 11.3 Å². The average Bonchev–Trinajstić information content (AvgIpc) is 3.09. The van der Waals surface area contributed by atoms with Crippen molar-refractivity contribution in [3.63, 3.8) is 0 Å². The predicted octanol–water partition coefficient (Wildman–Crippen LogP) is 1.49. The molecule has 0 aliphatic heterocycles. The van der Waals surface area contributed by atoms with Crippen LogP contribution in [0.4, 0.5) is 0 Å². The number of hydrogen-bond acceptors (Lipinski definition) is 3. The van der Waals surface area contributed by atoms with Crippen molar-refractivity contribution in [2.24, 2.45) is 28.1 Å². The Hall–Kier alpha value is -0.770. The Morgan fingerprint density at radius 1 is 1.56 bits per heavy atom. The maximum Gasteiger partial charge on any atom is 0.139 e. The second kappa shape index (κ2) is 4.24. The number of nitrogens with zero attached hydrogens (tertiary/aromatic N) is 2. The Kier molecular flexibility index (Phi) is 3.10. The molecule has 0 aromatic rings. The van der Waals surface area contributed by atoms with Crippen molar-refractivity contribution in [3.8, 4) is 0 Å². The Morgan fingerprint density at radius 2 is 2.19 bits per heavy atom. The maximum absolute atomic E-state index is 8.60. The summed E-state index contributed by atoms with van der Waals surface area (Å²) in [4.78, 5) is 2.42. The van der Waals surface area contributed by atoms with E-state index in [-0.39, 0.29) is 0 Å². The number of nitrogens with two attached hydrogens (primary N) is 1. The molecule has 0 spiro atoms. The highest BCUT2D eigenvalue weighted by atomic mass is 16.4. The van der Waals surface area contributed by atoms with E-state index >= 15 is 0 Å². The summed E-state index contributed by atoms with van der Waals surface area (Å²) in [5.41, 5.74) is 5.90. The van der Waals surface area contributed by atoms with Crippen LogP contribution in [0.25, 0.3) is 0 Å². The Labute approximate surface area is 97.5 Å². The van der Waals surface area contributed by atoms with Crippen LogP contribution in [-0.4, -0.2) is 36.1 Å². The van der Waals surface area contributed by atoms with Crippen LogP contribution in [0.15, 0.2) is 5.16 Å². The first kappa shape index (κ1) is 11.7. The van der Waals surface area contributed by atoms with Crippen molar-refractivity contribution in [3.05, 3.63) is 0 Å². The fourth-order valence-electron chi connectivity index (χ4n) is 2.68. The quantitative estimate of drug-likeness (QED) is 0.311. The van der Waals surface area contributed by atoms with E-state index in [1.54, 1.807) is 0 Å². The molecule has 2 unspecified atom stereocenters. The van der Waals surface area contributed by atoms with Gasteiger partial charge in [0.05, 0.1) is 0 Å². The van der Waals surface area contributed by atoms with Crippen LogP contribution in [-0.2, 0) is 0 Å². The van der Waals surface area contributed by atoms with Crippen molar-refractivity contribution >= 4 is 5.84 Å². The summed E-state index contributed by atoms with van der Waals surface area (Å²) < 4.78 is 0. The molecule has 0 aromatic heterocycles. The van der Waals surface area contributed by atoms with Gasteiger partial charge in [-0.3, -0.25) is 0 Å². The molecular weight excluding hydrogens is 202 g/mol. The van der Waals surface area contributed by atoms with E-state index in [1.165, 1.54) is 25.8 Å². The first-order valence-electron chi connectivity index (χ1n) is 6.20. The molecule has 0 saturated heterocycles. The van der Waals surface area contributed by atoms with Gasteiger partial charge < -0.3 is 15.8 Å². The summed E-state index contributed by atoms with van der Waals surface area (Å²) in [7, 11) is 2.19. The summed E-state index contributed by atoms with van der Waals surface area (Å²) in [6.07, 6.45) is 4.56. The minimum absolute atomic E-state index is 0.309. The van der Waals surface area contributed by atoms with Gasteiger partial charge in [-0.05, 0) is 43.6 Å². The Balaban J connectivity index is 1.75. The maximum atomic E-state index is 8.60. The molecule has 4 nitrogen and oxygen atoms in total. The van der Waals surface area contributed by atoms with Crippen molar-refractivity contribution in [1.29, 1.82) is 0 Å². The van der Waals surface area contributed by atoms with Crippen molar-refractivity contribution in [2.45, 2.75) is 32.6 Å². The summed E-state index contributed by atoms with van der Waals surface area (Å²) in [6.45, 7) is 4.62. The number of oxime groups is 1. The van der Waals surface area contributed by atoms with Crippen LogP contribution in [0.3, 0.4) is 0 Å². The highest BCUT2D eigenvalue weighted by Crippen LogP contribution is 2.49. The van der Waals surface area contributed by atoms with Gasteiger partial charge in [-0.1, -0.05) is 12.1 Å². The zero-order chi connectivity index (χ0) is 11.8. The van der Waals surface area contributed by atoms with Crippen LogP contribution in [0.1, 0.15) is 32.6 Å². The summed E-state index contributed by atoms with van der Waals surface area (Å²) in [6, 6.07) is 0. The lowest BCUT2D eigenvalue weighted by molar-refractivity contribution is 0.251. The van der Waals surface area contributed by atoms with E-state index in [4.69, 9.17) is 10.9 Å². The molecule has 0 aromatic carbocycles. The summed E-state index contributed by atoms with van der Waals surface area (Å²) in [5.74, 6) is 2.21. The zero-order valence-electron chi connectivity index (χ0n) is 10.3. The lowest BCUT2D eigenvalue weighted by atomic mass is 10.0.